The number of carbonyl (C=O) groups excluding carboxylic acids is 1. The van der Waals surface area contributed by atoms with Gasteiger partial charge in [-0.25, -0.2) is 4.79 Å². The van der Waals surface area contributed by atoms with Crippen LogP contribution in [-0.4, -0.2) is 42.0 Å². The van der Waals surface area contributed by atoms with Crippen molar-refractivity contribution in [2.24, 2.45) is 0 Å². The van der Waals surface area contributed by atoms with Gasteiger partial charge in [-0.2, -0.15) is 0 Å². The molecular formula is C6H13N3O2. The number of carbonyl (C=O) groups is 1. The minimum absolute atomic E-state index is 0.146. The Kier molecular flexibility index (Phi) is 2.67. The SMILES string of the molecule is CC(O)CN1CNC(=O)NC1. The molecule has 1 rings (SSSR count). The maximum atomic E-state index is 10.6. The van der Waals surface area contributed by atoms with E-state index in [-0.39, 0.29) is 12.1 Å². The molecule has 0 aromatic carbocycles. The summed E-state index contributed by atoms with van der Waals surface area (Å²) in [5.41, 5.74) is 0. The second kappa shape index (κ2) is 3.54. The first kappa shape index (κ1) is 8.29. The first-order chi connectivity index (χ1) is 5.18. The molecule has 1 unspecified atom stereocenters. The molecule has 1 aliphatic heterocycles. The van der Waals surface area contributed by atoms with Crippen LogP contribution in [0.3, 0.4) is 0 Å². The van der Waals surface area contributed by atoms with Gasteiger partial charge in [-0.3, -0.25) is 4.90 Å². The van der Waals surface area contributed by atoms with Crippen LogP contribution in [0.2, 0.25) is 0 Å². The zero-order valence-electron chi connectivity index (χ0n) is 6.50. The average Bonchev–Trinajstić information content (AvgIpc) is 1.93. The van der Waals surface area contributed by atoms with E-state index in [2.05, 4.69) is 10.6 Å². The molecule has 1 heterocycles. The molecule has 1 atom stereocenters. The van der Waals surface area contributed by atoms with Gasteiger partial charge in [-0.05, 0) is 6.92 Å². The number of urea groups is 1. The van der Waals surface area contributed by atoms with Crippen LogP contribution in [0.25, 0.3) is 0 Å². The van der Waals surface area contributed by atoms with Gasteiger partial charge >= 0.3 is 6.03 Å². The van der Waals surface area contributed by atoms with Crippen molar-refractivity contribution in [2.75, 3.05) is 19.9 Å². The lowest BCUT2D eigenvalue weighted by molar-refractivity contribution is 0.107. The predicted molar refractivity (Wildman–Crippen MR) is 39.8 cm³/mol. The standard InChI is InChI=1S/C6H13N3O2/c1-5(10)2-9-3-7-6(11)8-4-9/h5,10H,2-4H2,1H3,(H2,7,8,11). The van der Waals surface area contributed by atoms with E-state index in [4.69, 9.17) is 5.11 Å². The third kappa shape index (κ3) is 2.73. The third-order valence-electron chi connectivity index (χ3n) is 1.45. The number of rotatable bonds is 2. The highest BCUT2D eigenvalue weighted by Gasteiger charge is 2.14. The van der Waals surface area contributed by atoms with Crippen LogP contribution in [0, 0.1) is 0 Å². The summed E-state index contributed by atoms with van der Waals surface area (Å²) < 4.78 is 0. The van der Waals surface area contributed by atoms with Crippen LogP contribution >= 0.6 is 0 Å². The van der Waals surface area contributed by atoms with Gasteiger partial charge in [-0.1, -0.05) is 0 Å². The van der Waals surface area contributed by atoms with E-state index < -0.39 is 0 Å². The molecule has 0 radical (unpaired) electrons. The summed E-state index contributed by atoms with van der Waals surface area (Å²) >= 11 is 0. The molecular weight excluding hydrogens is 146 g/mol. The van der Waals surface area contributed by atoms with E-state index in [1.54, 1.807) is 6.92 Å². The first-order valence-corrected chi connectivity index (χ1v) is 3.60. The third-order valence-corrected chi connectivity index (χ3v) is 1.45. The highest BCUT2D eigenvalue weighted by atomic mass is 16.3. The molecule has 1 saturated heterocycles. The molecule has 1 fully saturated rings. The number of hydrogen-bond donors (Lipinski definition) is 3. The first-order valence-electron chi connectivity index (χ1n) is 3.60. The predicted octanol–water partition coefficient (Wildman–Crippen LogP) is -1.10. The fourth-order valence-electron chi connectivity index (χ4n) is 0.988. The zero-order valence-corrected chi connectivity index (χ0v) is 6.50. The van der Waals surface area contributed by atoms with Gasteiger partial charge in [0, 0.05) is 6.54 Å². The average molecular weight is 159 g/mol. The van der Waals surface area contributed by atoms with Gasteiger partial charge in [0.2, 0.25) is 0 Å². The molecule has 1 aliphatic rings. The minimum Gasteiger partial charge on any atom is -0.392 e. The van der Waals surface area contributed by atoms with E-state index in [0.29, 0.717) is 19.9 Å². The van der Waals surface area contributed by atoms with Crippen molar-refractivity contribution < 1.29 is 9.90 Å². The lowest BCUT2D eigenvalue weighted by Gasteiger charge is -2.28. The van der Waals surface area contributed by atoms with Crippen molar-refractivity contribution in [3.05, 3.63) is 0 Å². The maximum Gasteiger partial charge on any atom is 0.316 e. The molecule has 64 valence electrons. The molecule has 0 aliphatic carbocycles. The Morgan fingerprint density at radius 3 is 2.64 bits per heavy atom. The number of β-amino-alcohol motifs (C(OH)–C–C–N with tert-alkyl or cyclic N) is 1. The molecule has 0 aromatic rings. The Balaban J connectivity index is 2.22. The molecule has 0 aromatic heterocycles. The van der Waals surface area contributed by atoms with E-state index in [0.717, 1.165) is 0 Å². The van der Waals surface area contributed by atoms with Gasteiger partial charge in [0.1, 0.15) is 0 Å². The highest BCUT2D eigenvalue weighted by Crippen LogP contribution is 1.91. The molecule has 0 bridgehead atoms. The largest absolute Gasteiger partial charge is 0.392 e. The maximum absolute atomic E-state index is 10.6. The van der Waals surface area contributed by atoms with Crippen molar-refractivity contribution in [1.82, 2.24) is 15.5 Å². The van der Waals surface area contributed by atoms with Crippen LogP contribution < -0.4 is 10.6 Å². The monoisotopic (exact) mass is 159 g/mol. The van der Waals surface area contributed by atoms with E-state index in [1.807, 2.05) is 4.90 Å². The van der Waals surface area contributed by atoms with Gasteiger partial charge in [0.15, 0.2) is 0 Å². The summed E-state index contributed by atoms with van der Waals surface area (Å²) in [5, 5.41) is 14.2. The Morgan fingerprint density at radius 1 is 1.64 bits per heavy atom. The summed E-state index contributed by atoms with van der Waals surface area (Å²) in [6, 6.07) is -0.146. The molecule has 11 heavy (non-hydrogen) atoms. The lowest BCUT2D eigenvalue weighted by atomic mass is 10.4. The van der Waals surface area contributed by atoms with Crippen LogP contribution in [0.1, 0.15) is 6.92 Å². The van der Waals surface area contributed by atoms with Crippen molar-refractivity contribution >= 4 is 6.03 Å². The van der Waals surface area contributed by atoms with E-state index in [9.17, 15) is 4.79 Å². The highest BCUT2D eigenvalue weighted by molar-refractivity contribution is 5.74. The summed E-state index contributed by atoms with van der Waals surface area (Å²) in [4.78, 5) is 12.5. The smallest absolute Gasteiger partial charge is 0.316 e. The van der Waals surface area contributed by atoms with Crippen LogP contribution in [0.4, 0.5) is 4.79 Å². The zero-order chi connectivity index (χ0) is 8.27. The second-order valence-electron chi connectivity index (χ2n) is 2.70. The van der Waals surface area contributed by atoms with Crippen molar-refractivity contribution in [3.63, 3.8) is 0 Å². The summed E-state index contributed by atoms with van der Waals surface area (Å²) in [6.45, 7) is 3.32. The van der Waals surface area contributed by atoms with Gasteiger partial charge in [0.25, 0.3) is 0 Å². The Bertz CT molecular complexity index is 139. The molecule has 5 heteroatoms. The summed E-state index contributed by atoms with van der Waals surface area (Å²) in [7, 11) is 0. The minimum atomic E-state index is -0.355. The molecule has 2 amide bonds. The van der Waals surface area contributed by atoms with Crippen molar-refractivity contribution in [2.45, 2.75) is 13.0 Å². The number of hydrogen-bond acceptors (Lipinski definition) is 3. The second-order valence-corrected chi connectivity index (χ2v) is 2.70. The molecule has 3 N–H and O–H groups in total. The molecule has 0 saturated carbocycles. The Labute approximate surface area is 65.4 Å². The summed E-state index contributed by atoms with van der Waals surface area (Å²) in [5.74, 6) is 0. The molecule has 5 nitrogen and oxygen atoms in total. The number of aliphatic hydroxyl groups is 1. The van der Waals surface area contributed by atoms with Crippen molar-refractivity contribution in [3.8, 4) is 0 Å². The van der Waals surface area contributed by atoms with Gasteiger partial charge < -0.3 is 15.7 Å². The summed E-state index contributed by atoms with van der Waals surface area (Å²) in [6.07, 6.45) is -0.355. The number of aliphatic hydroxyl groups excluding tert-OH is 1. The van der Waals surface area contributed by atoms with Crippen LogP contribution in [0.15, 0.2) is 0 Å². The van der Waals surface area contributed by atoms with Crippen LogP contribution in [-0.2, 0) is 0 Å². The van der Waals surface area contributed by atoms with Crippen LogP contribution in [0.5, 0.6) is 0 Å². The van der Waals surface area contributed by atoms with Crippen molar-refractivity contribution in [1.29, 1.82) is 0 Å². The van der Waals surface area contributed by atoms with Gasteiger partial charge in [0.05, 0.1) is 19.4 Å². The fourth-order valence-corrected chi connectivity index (χ4v) is 0.988. The molecule has 0 spiro atoms. The van der Waals surface area contributed by atoms with E-state index in [1.165, 1.54) is 0 Å². The number of nitrogens with one attached hydrogen (secondary N) is 2. The Morgan fingerprint density at radius 2 is 2.18 bits per heavy atom. The number of amides is 2. The Hall–Kier alpha value is -0.810. The number of nitrogens with zero attached hydrogens (tertiary/aromatic N) is 1. The lowest BCUT2D eigenvalue weighted by Crippen LogP contribution is -2.55. The van der Waals surface area contributed by atoms with E-state index >= 15 is 0 Å². The van der Waals surface area contributed by atoms with Gasteiger partial charge in [-0.15, -0.1) is 0 Å². The topological polar surface area (TPSA) is 64.6 Å². The fraction of sp³-hybridized carbons (Fsp3) is 0.833. The normalized spacial score (nSPS) is 22.2. The quantitative estimate of drug-likeness (QED) is 0.479.